The van der Waals surface area contributed by atoms with Gasteiger partial charge in [0, 0.05) is 13.8 Å². The van der Waals surface area contributed by atoms with E-state index >= 15 is 0 Å². The standard InChI is InChI=1S/C11H10O6/c1-6(13)16-10-4-3-9(15)8(5-12)11(10)17-7(2)14/h3-5,15H,1-2H3. The minimum absolute atomic E-state index is 0.104. The molecular weight excluding hydrogens is 228 g/mol. The van der Waals surface area contributed by atoms with Gasteiger partial charge in [0.15, 0.2) is 17.8 Å². The molecule has 17 heavy (non-hydrogen) atoms. The molecule has 0 saturated carbocycles. The number of hydrogen-bond donors (Lipinski definition) is 1. The van der Waals surface area contributed by atoms with Gasteiger partial charge in [0.05, 0.1) is 0 Å². The van der Waals surface area contributed by atoms with Crippen LogP contribution in [0.2, 0.25) is 0 Å². The highest BCUT2D eigenvalue weighted by Gasteiger charge is 2.18. The average Bonchev–Trinajstić information content (AvgIpc) is 2.21. The Hall–Kier alpha value is -2.37. The molecule has 0 bridgehead atoms. The van der Waals surface area contributed by atoms with Crippen molar-refractivity contribution in [2.24, 2.45) is 0 Å². The van der Waals surface area contributed by atoms with E-state index in [9.17, 15) is 19.5 Å². The number of aldehydes is 1. The van der Waals surface area contributed by atoms with Gasteiger partial charge in [-0.2, -0.15) is 0 Å². The molecule has 1 aromatic carbocycles. The van der Waals surface area contributed by atoms with E-state index in [1.54, 1.807) is 0 Å². The quantitative estimate of drug-likeness (QED) is 0.481. The molecular formula is C11H10O6. The highest BCUT2D eigenvalue weighted by molar-refractivity contribution is 5.88. The minimum atomic E-state index is -0.702. The number of carbonyl (C=O) groups is 3. The zero-order chi connectivity index (χ0) is 13.0. The monoisotopic (exact) mass is 238 g/mol. The molecule has 1 N–H and O–H groups in total. The van der Waals surface area contributed by atoms with Crippen LogP contribution in [0.4, 0.5) is 0 Å². The van der Waals surface area contributed by atoms with Crippen molar-refractivity contribution in [3.05, 3.63) is 17.7 Å². The molecule has 1 rings (SSSR count). The molecule has 1 aromatic rings. The molecule has 0 aliphatic heterocycles. The van der Waals surface area contributed by atoms with Crippen molar-refractivity contribution >= 4 is 18.2 Å². The molecule has 90 valence electrons. The van der Waals surface area contributed by atoms with E-state index in [0.717, 1.165) is 19.9 Å². The zero-order valence-electron chi connectivity index (χ0n) is 9.22. The van der Waals surface area contributed by atoms with Gasteiger partial charge in [-0.3, -0.25) is 14.4 Å². The summed E-state index contributed by atoms with van der Waals surface area (Å²) >= 11 is 0. The number of ether oxygens (including phenoxy) is 2. The first-order chi connectivity index (χ1) is 7.95. The fourth-order valence-corrected chi connectivity index (χ4v) is 1.17. The fraction of sp³-hybridized carbons (Fsp3) is 0.182. The summed E-state index contributed by atoms with van der Waals surface area (Å²) in [6.45, 7) is 2.28. The summed E-state index contributed by atoms with van der Waals surface area (Å²) in [7, 11) is 0. The van der Waals surface area contributed by atoms with Gasteiger partial charge in [-0.25, -0.2) is 0 Å². The summed E-state index contributed by atoms with van der Waals surface area (Å²) in [5, 5.41) is 9.40. The van der Waals surface area contributed by atoms with E-state index in [-0.39, 0.29) is 22.8 Å². The van der Waals surface area contributed by atoms with E-state index in [0.29, 0.717) is 6.29 Å². The van der Waals surface area contributed by atoms with Crippen LogP contribution in [0.3, 0.4) is 0 Å². The van der Waals surface area contributed by atoms with E-state index in [1.807, 2.05) is 0 Å². The third-order valence-corrected chi connectivity index (χ3v) is 1.75. The Morgan fingerprint density at radius 3 is 2.24 bits per heavy atom. The van der Waals surface area contributed by atoms with Gasteiger partial charge >= 0.3 is 11.9 Å². The van der Waals surface area contributed by atoms with Crippen LogP contribution in [0.25, 0.3) is 0 Å². The number of aromatic hydroxyl groups is 1. The first-order valence-electron chi connectivity index (χ1n) is 4.63. The SMILES string of the molecule is CC(=O)Oc1ccc(O)c(C=O)c1OC(C)=O. The van der Waals surface area contributed by atoms with Crippen molar-refractivity contribution in [1.82, 2.24) is 0 Å². The molecule has 0 aliphatic carbocycles. The van der Waals surface area contributed by atoms with Crippen LogP contribution in [0.5, 0.6) is 17.2 Å². The first-order valence-corrected chi connectivity index (χ1v) is 4.63. The summed E-state index contributed by atoms with van der Waals surface area (Å²) in [6.07, 6.45) is 0.306. The Morgan fingerprint density at radius 1 is 1.18 bits per heavy atom. The molecule has 0 fully saturated rings. The molecule has 0 aliphatic rings. The van der Waals surface area contributed by atoms with Crippen LogP contribution in [-0.2, 0) is 9.59 Å². The minimum Gasteiger partial charge on any atom is -0.507 e. The summed E-state index contributed by atoms with van der Waals surface area (Å²) in [5.74, 6) is -2.09. The number of phenols is 1. The first kappa shape index (κ1) is 12.7. The van der Waals surface area contributed by atoms with E-state index in [4.69, 9.17) is 9.47 Å². The third kappa shape index (κ3) is 3.04. The van der Waals surface area contributed by atoms with Crippen LogP contribution in [0, 0.1) is 0 Å². The second kappa shape index (κ2) is 5.11. The van der Waals surface area contributed by atoms with Crippen molar-refractivity contribution in [2.45, 2.75) is 13.8 Å². The van der Waals surface area contributed by atoms with Gasteiger partial charge in [0.25, 0.3) is 0 Å². The lowest BCUT2D eigenvalue weighted by molar-refractivity contribution is -0.134. The Labute approximate surface area is 96.8 Å². The summed E-state index contributed by atoms with van der Waals surface area (Å²) in [5.41, 5.74) is -0.251. The maximum atomic E-state index is 10.9. The third-order valence-electron chi connectivity index (χ3n) is 1.75. The molecule has 0 amide bonds. The number of esters is 2. The highest BCUT2D eigenvalue weighted by atomic mass is 16.6. The van der Waals surface area contributed by atoms with Crippen LogP contribution in [0.15, 0.2) is 12.1 Å². The Bertz CT molecular complexity index is 477. The van der Waals surface area contributed by atoms with Crippen molar-refractivity contribution in [1.29, 1.82) is 0 Å². The van der Waals surface area contributed by atoms with Gasteiger partial charge in [-0.15, -0.1) is 0 Å². The van der Waals surface area contributed by atoms with Gasteiger partial charge < -0.3 is 14.6 Å². The zero-order valence-corrected chi connectivity index (χ0v) is 9.22. The normalized spacial score (nSPS) is 9.53. The van der Waals surface area contributed by atoms with Gasteiger partial charge in [0.2, 0.25) is 0 Å². The van der Waals surface area contributed by atoms with Crippen LogP contribution in [-0.4, -0.2) is 23.3 Å². The molecule has 6 heteroatoms. The van der Waals surface area contributed by atoms with Crippen molar-refractivity contribution < 1.29 is 29.0 Å². The fourth-order valence-electron chi connectivity index (χ4n) is 1.17. The molecule has 0 atom stereocenters. The van der Waals surface area contributed by atoms with Crippen molar-refractivity contribution in [3.63, 3.8) is 0 Å². The maximum Gasteiger partial charge on any atom is 0.308 e. The van der Waals surface area contributed by atoms with Gasteiger partial charge in [-0.05, 0) is 12.1 Å². The molecule has 6 nitrogen and oxygen atoms in total. The largest absolute Gasteiger partial charge is 0.507 e. The molecule has 0 radical (unpaired) electrons. The number of carbonyl (C=O) groups excluding carboxylic acids is 3. The Morgan fingerprint density at radius 2 is 1.76 bits per heavy atom. The van der Waals surface area contributed by atoms with Gasteiger partial charge in [0.1, 0.15) is 11.3 Å². The van der Waals surface area contributed by atoms with Crippen LogP contribution >= 0.6 is 0 Å². The molecule has 0 heterocycles. The van der Waals surface area contributed by atoms with Crippen molar-refractivity contribution in [2.75, 3.05) is 0 Å². The topological polar surface area (TPSA) is 89.9 Å². The lowest BCUT2D eigenvalue weighted by Crippen LogP contribution is -2.09. The predicted molar refractivity (Wildman–Crippen MR) is 56.1 cm³/mol. The smallest absolute Gasteiger partial charge is 0.308 e. The molecule has 0 spiro atoms. The van der Waals surface area contributed by atoms with E-state index in [2.05, 4.69) is 0 Å². The maximum absolute atomic E-state index is 10.9. The van der Waals surface area contributed by atoms with Crippen molar-refractivity contribution in [3.8, 4) is 17.2 Å². The lowest BCUT2D eigenvalue weighted by Gasteiger charge is -2.11. The summed E-state index contributed by atoms with van der Waals surface area (Å²) in [4.78, 5) is 32.5. The predicted octanol–water partition coefficient (Wildman–Crippen LogP) is 1.06. The highest BCUT2D eigenvalue weighted by Crippen LogP contribution is 2.36. The molecule has 0 unspecified atom stereocenters. The van der Waals surface area contributed by atoms with Gasteiger partial charge in [-0.1, -0.05) is 0 Å². The second-order valence-corrected chi connectivity index (χ2v) is 3.13. The summed E-state index contributed by atoms with van der Waals surface area (Å²) in [6, 6.07) is 2.39. The average molecular weight is 238 g/mol. The van der Waals surface area contributed by atoms with Crippen LogP contribution in [0.1, 0.15) is 24.2 Å². The van der Waals surface area contributed by atoms with Crippen LogP contribution < -0.4 is 9.47 Å². The molecule has 0 aromatic heterocycles. The number of phenolic OH excluding ortho intramolecular Hbond substituents is 1. The second-order valence-electron chi connectivity index (χ2n) is 3.13. The van der Waals surface area contributed by atoms with E-state index < -0.39 is 11.9 Å². The van der Waals surface area contributed by atoms with E-state index in [1.165, 1.54) is 6.07 Å². The lowest BCUT2D eigenvalue weighted by atomic mass is 10.2. The number of hydrogen-bond acceptors (Lipinski definition) is 6. The Balaban J connectivity index is 3.33. The number of rotatable bonds is 3. The summed E-state index contributed by atoms with van der Waals surface area (Å²) < 4.78 is 9.50. The Kier molecular flexibility index (Phi) is 3.82. The molecule has 0 saturated heterocycles. The number of benzene rings is 1.